The molecule has 1 amide bonds. The van der Waals surface area contributed by atoms with E-state index < -0.39 is 16.0 Å². The minimum absolute atomic E-state index is 0.101. The van der Waals surface area contributed by atoms with Crippen LogP contribution in [-0.4, -0.2) is 25.5 Å². The number of carbonyl (C=O) groups excluding carboxylic acids is 1. The van der Waals surface area contributed by atoms with E-state index >= 15 is 0 Å². The van der Waals surface area contributed by atoms with Crippen molar-refractivity contribution in [3.05, 3.63) is 34.1 Å². The molecule has 2 atom stereocenters. The maximum absolute atomic E-state index is 12.2. The second-order valence-electron chi connectivity index (χ2n) is 4.82. The number of nitrogens with one attached hydrogen (secondary N) is 1. The summed E-state index contributed by atoms with van der Waals surface area (Å²) in [5, 5.41) is 7.93. The number of aromatic nitrogens is 2. The summed E-state index contributed by atoms with van der Waals surface area (Å²) < 4.78 is 17.3. The van der Waals surface area contributed by atoms with Gasteiger partial charge in [0.2, 0.25) is 11.8 Å². The van der Waals surface area contributed by atoms with Gasteiger partial charge in [0.05, 0.1) is 6.54 Å². The van der Waals surface area contributed by atoms with E-state index in [1.165, 1.54) is 0 Å². The third-order valence-corrected chi connectivity index (χ3v) is 5.44. The minimum Gasteiger partial charge on any atom is -0.350 e. The van der Waals surface area contributed by atoms with Crippen LogP contribution in [0.15, 0.2) is 22.0 Å². The van der Waals surface area contributed by atoms with Crippen molar-refractivity contribution in [3.8, 4) is 0 Å². The van der Waals surface area contributed by atoms with E-state index in [1.54, 1.807) is 18.3 Å². The summed E-state index contributed by atoms with van der Waals surface area (Å²) in [5.41, 5.74) is 0. The van der Waals surface area contributed by atoms with Crippen molar-refractivity contribution >= 4 is 28.0 Å². The van der Waals surface area contributed by atoms with Crippen molar-refractivity contribution in [2.24, 2.45) is 0 Å². The number of rotatable bonds is 8. The van der Waals surface area contributed by atoms with Crippen LogP contribution in [0.5, 0.6) is 0 Å². The van der Waals surface area contributed by atoms with Gasteiger partial charge in [-0.05, 0) is 24.8 Å². The van der Waals surface area contributed by atoms with Gasteiger partial charge >= 0.3 is 0 Å². The van der Waals surface area contributed by atoms with Crippen molar-refractivity contribution in [2.45, 2.75) is 44.2 Å². The first-order valence-corrected chi connectivity index (χ1v) is 9.35. The molecule has 0 unspecified atom stereocenters. The monoisotopic (exact) mass is 341 g/mol. The summed E-state index contributed by atoms with van der Waals surface area (Å²) in [6.45, 7) is 4.12. The Balaban J connectivity index is 1.83. The Morgan fingerprint density at radius 2 is 2.36 bits per heavy atom. The van der Waals surface area contributed by atoms with Gasteiger partial charge in [-0.15, -0.1) is 11.3 Å². The van der Waals surface area contributed by atoms with Crippen molar-refractivity contribution in [2.75, 3.05) is 0 Å². The lowest BCUT2D eigenvalue weighted by molar-refractivity contribution is -0.120. The van der Waals surface area contributed by atoms with Crippen LogP contribution in [0.2, 0.25) is 0 Å². The van der Waals surface area contributed by atoms with Gasteiger partial charge in [0.1, 0.15) is 11.0 Å². The molecule has 0 radical (unpaired) electrons. The van der Waals surface area contributed by atoms with E-state index in [4.69, 9.17) is 4.52 Å². The fraction of sp³-hybridized carbons (Fsp3) is 0.500. The Bertz CT molecular complexity index is 625. The van der Waals surface area contributed by atoms with Crippen LogP contribution in [-0.2, 0) is 34.3 Å². The molecular formula is C14H19N3O3S2. The van der Waals surface area contributed by atoms with E-state index in [0.717, 1.165) is 17.7 Å². The normalized spacial score (nSPS) is 13.7. The van der Waals surface area contributed by atoms with Gasteiger partial charge in [-0.25, -0.2) is 0 Å². The number of nitrogens with zero attached hydrogens (tertiary/aromatic N) is 2. The zero-order valence-electron chi connectivity index (χ0n) is 12.6. The number of carbonyl (C=O) groups is 1. The predicted octanol–water partition coefficient (Wildman–Crippen LogP) is 2.04. The molecule has 6 nitrogen and oxygen atoms in total. The lowest BCUT2D eigenvalue weighted by Gasteiger charge is -2.10. The maximum atomic E-state index is 12.2. The Morgan fingerprint density at radius 1 is 1.55 bits per heavy atom. The lowest BCUT2D eigenvalue weighted by atomic mass is 10.3. The van der Waals surface area contributed by atoms with Gasteiger partial charge in [0.15, 0.2) is 5.82 Å². The average Bonchev–Trinajstić information content (AvgIpc) is 3.16. The second kappa shape index (κ2) is 8.19. The van der Waals surface area contributed by atoms with E-state index in [-0.39, 0.29) is 11.7 Å². The van der Waals surface area contributed by atoms with Crippen molar-refractivity contribution in [1.29, 1.82) is 0 Å². The summed E-state index contributed by atoms with van der Waals surface area (Å²) in [5.74, 6) is 0.800. The zero-order valence-corrected chi connectivity index (χ0v) is 14.2. The van der Waals surface area contributed by atoms with Crippen LogP contribution in [0.3, 0.4) is 0 Å². The predicted molar refractivity (Wildman–Crippen MR) is 85.8 cm³/mol. The fourth-order valence-corrected chi connectivity index (χ4v) is 3.35. The molecule has 22 heavy (non-hydrogen) atoms. The molecule has 0 saturated heterocycles. The topological polar surface area (TPSA) is 85.1 Å². The summed E-state index contributed by atoms with van der Waals surface area (Å²) in [7, 11) is -1.39. The molecule has 0 bridgehead atoms. The van der Waals surface area contributed by atoms with E-state index in [2.05, 4.69) is 15.5 Å². The lowest BCUT2D eigenvalue weighted by Crippen LogP contribution is -2.35. The standard InChI is InChI=1S/C14H19N3O3S2/c1-3-5-12-16-13(20-17-12)9-22(19)10(2)14(18)15-8-11-6-4-7-21-11/h4,6-7,10H,3,5,8-9H2,1-2H3,(H,15,18)/t10-,22+/m0/s1. The van der Waals surface area contributed by atoms with Crippen molar-refractivity contribution in [3.63, 3.8) is 0 Å². The first-order chi connectivity index (χ1) is 10.6. The molecular weight excluding hydrogens is 322 g/mol. The van der Waals surface area contributed by atoms with Gasteiger partial charge in [-0.2, -0.15) is 4.98 Å². The molecule has 2 rings (SSSR count). The fourth-order valence-electron chi connectivity index (χ4n) is 1.77. The number of aryl methyl sites for hydroxylation is 1. The van der Waals surface area contributed by atoms with Crippen molar-refractivity contribution < 1.29 is 13.5 Å². The Hall–Kier alpha value is -1.54. The second-order valence-corrected chi connectivity index (χ2v) is 7.61. The average molecular weight is 341 g/mol. The van der Waals surface area contributed by atoms with Crippen LogP contribution >= 0.6 is 11.3 Å². The first-order valence-electron chi connectivity index (χ1n) is 7.09. The molecule has 2 heterocycles. The molecule has 8 heteroatoms. The highest BCUT2D eigenvalue weighted by Gasteiger charge is 2.22. The third-order valence-electron chi connectivity index (χ3n) is 3.03. The first kappa shape index (κ1) is 16.8. The van der Waals surface area contributed by atoms with Crippen LogP contribution in [0.1, 0.15) is 36.9 Å². The molecule has 2 aromatic heterocycles. The number of thiophene rings is 1. The maximum Gasteiger partial charge on any atom is 0.239 e. The van der Waals surface area contributed by atoms with Gasteiger partial charge in [-0.3, -0.25) is 9.00 Å². The van der Waals surface area contributed by atoms with E-state index in [1.807, 2.05) is 24.4 Å². The summed E-state index contributed by atoms with van der Waals surface area (Å²) >= 11 is 1.57. The highest BCUT2D eigenvalue weighted by atomic mass is 32.2. The SMILES string of the molecule is CCCc1noc(C[S@@](=O)[C@@H](C)C(=O)NCc2cccs2)n1. The van der Waals surface area contributed by atoms with Crippen LogP contribution in [0.4, 0.5) is 0 Å². The van der Waals surface area contributed by atoms with Gasteiger partial charge in [0.25, 0.3) is 0 Å². The highest BCUT2D eigenvalue weighted by molar-refractivity contribution is 7.85. The third kappa shape index (κ3) is 4.74. The molecule has 0 spiro atoms. The molecule has 120 valence electrons. The van der Waals surface area contributed by atoms with Gasteiger partial charge in [0, 0.05) is 22.1 Å². The van der Waals surface area contributed by atoms with Crippen LogP contribution in [0.25, 0.3) is 0 Å². The van der Waals surface area contributed by atoms with Crippen molar-refractivity contribution in [1.82, 2.24) is 15.5 Å². The Morgan fingerprint density at radius 3 is 3.05 bits per heavy atom. The summed E-state index contributed by atoms with van der Waals surface area (Å²) in [6.07, 6.45) is 1.65. The smallest absolute Gasteiger partial charge is 0.239 e. The summed E-state index contributed by atoms with van der Waals surface area (Å²) in [6, 6.07) is 3.87. The van der Waals surface area contributed by atoms with Crippen LogP contribution < -0.4 is 5.32 Å². The molecule has 0 saturated carbocycles. The molecule has 0 aliphatic rings. The zero-order chi connectivity index (χ0) is 15.9. The molecule has 0 aliphatic heterocycles. The van der Waals surface area contributed by atoms with Crippen LogP contribution in [0, 0.1) is 0 Å². The van der Waals surface area contributed by atoms with Gasteiger partial charge < -0.3 is 9.84 Å². The number of hydrogen-bond donors (Lipinski definition) is 1. The number of amides is 1. The largest absolute Gasteiger partial charge is 0.350 e. The number of hydrogen-bond acceptors (Lipinski definition) is 6. The molecule has 0 aromatic carbocycles. The van der Waals surface area contributed by atoms with Gasteiger partial charge in [-0.1, -0.05) is 18.1 Å². The molecule has 0 aliphatic carbocycles. The van der Waals surface area contributed by atoms with E-state index in [0.29, 0.717) is 18.3 Å². The Labute approximate surface area is 135 Å². The minimum atomic E-state index is -1.39. The molecule has 0 fully saturated rings. The quantitative estimate of drug-likeness (QED) is 0.794. The summed E-state index contributed by atoms with van der Waals surface area (Å²) in [4.78, 5) is 17.2. The molecule has 2 aromatic rings. The highest BCUT2D eigenvalue weighted by Crippen LogP contribution is 2.09. The van der Waals surface area contributed by atoms with E-state index in [9.17, 15) is 9.00 Å². The molecule has 1 N–H and O–H groups in total. The Kier molecular flexibility index (Phi) is 6.26.